The van der Waals surface area contributed by atoms with Crippen LogP contribution in [0.25, 0.3) is 0 Å². The Morgan fingerprint density at radius 3 is 2.00 bits per heavy atom. The van der Waals surface area contributed by atoms with Gasteiger partial charge in [0.2, 0.25) is 0 Å². The van der Waals surface area contributed by atoms with Gasteiger partial charge >= 0.3 is 11.9 Å². The maximum Gasteiger partial charge on any atom is 0.343 e. The van der Waals surface area contributed by atoms with E-state index in [0.717, 1.165) is 18.6 Å². The lowest BCUT2D eigenvalue weighted by Gasteiger charge is -2.10. The molecule has 0 saturated heterocycles. The number of rotatable bonds is 12. The first kappa shape index (κ1) is 24.3. The van der Waals surface area contributed by atoms with E-state index in [4.69, 9.17) is 14.2 Å². The van der Waals surface area contributed by atoms with Gasteiger partial charge in [0.1, 0.15) is 17.3 Å². The van der Waals surface area contributed by atoms with Crippen LogP contribution in [0.15, 0.2) is 72.5 Å². The van der Waals surface area contributed by atoms with Crippen molar-refractivity contribution in [2.75, 3.05) is 6.61 Å². The molecule has 33 heavy (non-hydrogen) atoms. The van der Waals surface area contributed by atoms with Gasteiger partial charge in [-0.25, -0.2) is 9.59 Å². The van der Waals surface area contributed by atoms with E-state index < -0.39 is 11.9 Å². The second-order valence-corrected chi connectivity index (χ2v) is 7.88. The fourth-order valence-corrected chi connectivity index (χ4v) is 3.32. The van der Waals surface area contributed by atoms with Crippen LogP contribution >= 0.6 is 0 Å². The van der Waals surface area contributed by atoms with Crippen LogP contribution in [-0.4, -0.2) is 18.5 Å². The maximum absolute atomic E-state index is 12.4. The van der Waals surface area contributed by atoms with Crippen LogP contribution in [0.3, 0.4) is 0 Å². The van der Waals surface area contributed by atoms with E-state index in [9.17, 15) is 9.59 Å². The number of carbonyl (C=O) groups is 2. The summed E-state index contributed by atoms with van der Waals surface area (Å²) in [6.07, 6.45) is 15.4. The molecule has 0 N–H and O–H groups in total. The Hall–Kier alpha value is -3.34. The Labute approximate surface area is 196 Å². The Balaban J connectivity index is 1.43. The van der Waals surface area contributed by atoms with Crippen molar-refractivity contribution in [2.24, 2.45) is 0 Å². The molecular weight excluding hydrogens is 416 g/mol. The van der Waals surface area contributed by atoms with Crippen LogP contribution in [0.1, 0.15) is 72.6 Å². The van der Waals surface area contributed by atoms with Crippen molar-refractivity contribution in [2.45, 2.75) is 51.9 Å². The number of hydrogen-bond acceptors (Lipinski definition) is 5. The molecule has 5 heteroatoms. The van der Waals surface area contributed by atoms with Crippen molar-refractivity contribution in [1.29, 1.82) is 0 Å². The van der Waals surface area contributed by atoms with Crippen molar-refractivity contribution < 1.29 is 23.8 Å². The van der Waals surface area contributed by atoms with E-state index in [1.807, 2.05) is 18.6 Å². The summed E-state index contributed by atoms with van der Waals surface area (Å²) in [5.41, 5.74) is 0.809. The zero-order valence-electron chi connectivity index (χ0n) is 19.1. The summed E-state index contributed by atoms with van der Waals surface area (Å²) in [7, 11) is 0. The number of allylic oxidation sites excluding steroid dienone is 4. The van der Waals surface area contributed by atoms with Gasteiger partial charge in [0.05, 0.1) is 17.7 Å². The number of benzene rings is 2. The van der Waals surface area contributed by atoms with Crippen molar-refractivity contribution in [1.82, 2.24) is 0 Å². The van der Waals surface area contributed by atoms with Gasteiger partial charge in [0, 0.05) is 6.42 Å². The van der Waals surface area contributed by atoms with E-state index in [1.54, 1.807) is 54.6 Å². The molecule has 1 aliphatic rings. The SMILES string of the molecule is CCCCCCCCOc1ccc(C(=O)Oc2ccc(C(=O)OC3=CC=CC[CH]3)cc2)cc1. The first-order valence-electron chi connectivity index (χ1n) is 11.6. The molecule has 2 aromatic rings. The van der Waals surface area contributed by atoms with E-state index >= 15 is 0 Å². The van der Waals surface area contributed by atoms with Gasteiger partial charge in [-0.1, -0.05) is 51.2 Å². The highest BCUT2D eigenvalue weighted by Crippen LogP contribution is 2.19. The van der Waals surface area contributed by atoms with E-state index in [1.165, 1.54) is 32.1 Å². The molecule has 1 aliphatic carbocycles. The lowest BCUT2D eigenvalue weighted by molar-refractivity contribution is 0.0629. The summed E-state index contributed by atoms with van der Waals surface area (Å²) in [6, 6.07) is 13.2. The largest absolute Gasteiger partial charge is 0.494 e. The molecular formula is C28H31O5. The molecule has 0 amide bonds. The molecule has 0 aromatic heterocycles. The van der Waals surface area contributed by atoms with Crippen LogP contribution in [-0.2, 0) is 4.74 Å². The quantitative estimate of drug-likeness (QED) is 0.202. The average Bonchev–Trinajstić information content (AvgIpc) is 2.85. The minimum atomic E-state index is -0.471. The lowest BCUT2D eigenvalue weighted by Crippen LogP contribution is -2.09. The molecule has 0 bridgehead atoms. The van der Waals surface area contributed by atoms with Crippen molar-refractivity contribution in [3.05, 3.63) is 90.1 Å². The monoisotopic (exact) mass is 447 g/mol. The summed E-state index contributed by atoms with van der Waals surface area (Å²) < 4.78 is 16.5. The van der Waals surface area contributed by atoms with Gasteiger partial charge < -0.3 is 14.2 Å². The fraction of sp³-hybridized carbons (Fsp3) is 0.321. The van der Waals surface area contributed by atoms with Crippen LogP contribution in [0.2, 0.25) is 0 Å². The second kappa shape index (κ2) is 13.3. The molecule has 0 aliphatic heterocycles. The Morgan fingerprint density at radius 1 is 0.758 bits per heavy atom. The summed E-state index contributed by atoms with van der Waals surface area (Å²) in [5.74, 6) is 0.691. The standard InChI is InChI=1S/C28H31O5/c1-2-3-4-5-6-10-21-31-24-17-13-22(14-18-24)28(30)33-26-19-15-23(16-20-26)27(29)32-25-11-8-7-9-12-25/h7-8,11-20H,2-6,9-10,21H2,1H3. The third-order valence-electron chi connectivity index (χ3n) is 5.22. The molecule has 0 saturated carbocycles. The van der Waals surface area contributed by atoms with E-state index in [0.29, 0.717) is 29.2 Å². The van der Waals surface area contributed by atoms with Crippen LogP contribution in [0, 0.1) is 6.42 Å². The fourth-order valence-electron chi connectivity index (χ4n) is 3.32. The number of ether oxygens (including phenoxy) is 3. The van der Waals surface area contributed by atoms with E-state index in [2.05, 4.69) is 6.92 Å². The minimum absolute atomic E-state index is 0.353. The van der Waals surface area contributed by atoms with Crippen molar-refractivity contribution in [3.8, 4) is 11.5 Å². The zero-order chi connectivity index (χ0) is 23.3. The molecule has 0 spiro atoms. The predicted molar refractivity (Wildman–Crippen MR) is 128 cm³/mol. The first-order valence-corrected chi connectivity index (χ1v) is 11.6. The molecule has 0 heterocycles. The Kier molecular flexibility index (Phi) is 9.77. The van der Waals surface area contributed by atoms with Gasteiger partial charge in [-0.15, -0.1) is 0 Å². The number of esters is 2. The Morgan fingerprint density at radius 2 is 1.36 bits per heavy atom. The highest BCUT2D eigenvalue weighted by atomic mass is 16.5. The van der Waals surface area contributed by atoms with Crippen LogP contribution in [0.4, 0.5) is 0 Å². The number of hydrogen-bond donors (Lipinski definition) is 0. The van der Waals surface area contributed by atoms with Crippen LogP contribution in [0.5, 0.6) is 11.5 Å². The topological polar surface area (TPSA) is 61.8 Å². The van der Waals surface area contributed by atoms with Gasteiger partial charge in [0.25, 0.3) is 0 Å². The second-order valence-electron chi connectivity index (χ2n) is 7.88. The Bertz CT molecular complexity index is 955. The van der Waals surface area contributed by atoms with Crippen LogP contribution < -0.4 is 9.47 Å². The molecule has 0 unspecified atom stereocenters. The summed E-state index contributed by atoms with van der Waals surface area (Å²) in [6.45, 7) is 2.89. The molecule has 0 atom stereocenters. The highest BCUT2D eigenvalue weighted by Gasteiger charge is 2.13. The number of unbranched alkanes of at least 4 members (excludes halogenated alkanes) is 5. The van der Waals surface area contributed by atoms with E-state index in [-0.39, 0.29) is 0 Å². The van der Waals surface area contributed by atoms with Gasteiger partial charge in [-0.3, -0.25) is 0 Å². The summed E-state index contributed by atoms with van der Waals surface area (Å²) in [5, 5.41) is 0. The predicted octanol–water partition coefficient (Wildman–Crippen LogP) is 6.85. The third-order valence-corrected chi connectivity index (χ3v) is 5.22. The minimum Gasteiger partial charge on any atom is -0.494 e. The first-order chi connectivity index (χ1) is 16.2. The molecule has 0 fully saturated rings. The molecule has 5 nitrogen and oxygen atoms in total. The number of carbonyl (C=O) groups excluding carboxylic acids is 2. The molecule has 173 valence electrons. The summed E-state index contributed by atoms with van der Waals surface area (Å²) in [4.78, 5) is 24.6. The third kappa shape index (κ3) is 8.26. The van der Waals surface area contributed by atoms with Gasteiger partial charge in [0.15, 0.2) is 0 Å². The molecule has 1 radical (unpaired) electrons. The van der Waals surface area contributed by atoms with Gasteiger partial charge in [-0.05, 0) is 67.4 Å². The zero-order valence-corrected chi connectivity index (χ0v) is 19.1. The molecule has 2 aromatic carbocycles. The smallest absolute Gasteiger partial charge is 0.343 e. The maximum atomic E-state index is 12.4. The van der Waals surface area contributed by atoms with Crippen molar-refractivity contribution >= 4 is 11.9 Å². The summed E-state index contributed by atoms with van der Waals surface area (Å²) >= 11 is 0. The lowest BCUT2D eigenvalue weighted by atomic mass is 10.1. The highest BCUT2D eigenvalue weighted by molar-refractivity contribution is 5.92. The normalized spacial score (nSPS) is 12.7. The average molecular weight is 448 g/mol. The molecule has 3 rings (SSSR count). The van der Waals surface area contributed by atoms with Gasteiger partial charge in [-0.2, -0.15) is 0 Å². The van der Waals surface area contributed by atoms with Crippen molar-refractivity contribution in [3.63, 3.8) is 0 Å².